The Morgan fingerprint density at radius 3 is 2.26 bits per heavy atom. The fraction of sp³-hybridized carbons (Fsp3) is 0.125. The quantitative estimate of drug-likeness (QED) is 0.672. The maximum atomic E-state index is 11.9. The fourth-order valence-corrected chi connectivity index (χ4v) is 1.94. The molecule has 3 nitrogen and oxygen atoms in total. The van der Waals surface area contributed by atoms with Gasteiger partial charge in [0.1, 0.15) is 6.42 Å². The molecule has 0 radical (unpaired) electrons. The van der Waals surface area contributed by atoms with E-state index in [0.29, 0.717) is 5.56 Å². The maximum Gasteiger partial charge on any atom is 0.311 e. The zero-order chi connectivity index (χ0) is 13.8. The Labute approximate surface area is 111 Å². The molecule has 0 amide bonds. The number of ketones is 1. The fourth-order valence-electron chi connectivity index (χ4n) is 1.94. The second-order valence-electron chi connectivity index (χ2n) is 4.41. The first-order valence-corrected chi connectivity index (χ1v) is 5.99. The average molecular weight is 254 g/mol. The van der Waals surface area contributed by atoms with Crippen LogP contribution in [0.4, 0.5) is 0 Å². The maximum absolute atomic E-state index is 11.9. The van der Waals surface area contributed by atoms with Crippen LogP contribution in [0.15, 0.2) is 48.5 Å². The molecular weight excluding hydrogens is 240 g/mol. The van der Waals surface area contributed by atoms with Crippen molar-refractivity contribution in [2.24, 2.45) is 0 Å². The molecule has 2 aromatic rings. The van der Waals surface area contributed by atoms with E-state index < -0.39 is 12.4 Å². The highest BCUT2D eigenvalue weighted by molar-refractivity contribution is 6.09. The number of aliphatic carboxylic acids is 1. The molecule has 0 spiro atoms. The standard InChI is InChI=1S/C16H14O3/c1-11-6-8-12(9-7-11)13-4-2-3-5-14(13)15(17)10-16(18)19/h2-9H,10H2,1H3,(H,18,19). The van der Waals surface area contributed by atoms with Crippen LogP contribution < -0.4 is 0 Å². The summed E-state index contributed by atoms with van der Waals surface area (Å²) in [4.78, 5) is 22.6. The summed E-state index contributed by atoms with van der Waals surface area (Å²) in [5.74, 6) is -1.48. The van der Waals surface area contributed by atoms with E-state index in [1.807, 2.05) is 43.3 Å². The van der Waals surface area contributed by atoms with Gasteiger partial charge < -0.3 is 5.11 Å². The van der Waals surface area contributed by atoms with Crippen molar-refractivity contribution >= 4 is 11.8 Å². The van der Waals surface area contributed by atoms with Crippen LogP contribution in [0.1, 0.15) is 22.3 Å². The zero-order valence-corrected chi connectivity index (χ0v) is 10.6. The van der Waals surface area contributed by atoms with Crippen molar-refractivity contribution in [2.45, 2.75) is 13.3 Å². The topological polar surface area (TPSA) is 54.4 Å². The number of rotatable bonds is 4. The van der Waals surface area contributed by atoms with Crippen LogP contribution in [0.3, 0.4) is 0 Å². The number of Topliss-reactive ketones (excluding diaryl/α,β-unsaturated/α-hetero) is 1. The number of carbonyl (C=O) groups excluding carboxylic acids is 1. The Hall–Kier alpha value is -2.42. The zero-order valence-electron chi connectivity index (χ0n) is 10.6. The van der Waals surface area contributed by atoms with E-state index in [1.54, 1.807) is 12.1 Å². The van der Waals surface area contributed by atoms with Crippen molar-refractivity contribution < 1.29 is 14.7 Å². The number of hydrogen-bond donors (Lipinski definition) is 1. The van der Waals surface area contributed by atoms with E-state index in [1.165, 1.54) is 0 Å². The lowest BCUT2D eigenvalue weighted by Gasteiger charge is -2.08. The monoisotopic (exact) mass is 254 g/mol. The Morgan fingerprint density at radius 2 is 1.63 bits per heavy atom. The lowest BCUT2D eigenvalue weighted by Crippen LogP contribution is -2.08. The first-order chi connectivity index (χ1) is 9.08. The SMILES string of the molecule is Cc1ccc(-c2ccccc2C(=O)CC(=O)O)cc1. The normalized spacial score (nSPS) is 10.2. The molecule has 0 saturated heterocycles. The molecule has 0 heterocycles. The molecule has 0 atom stereocenters. The lowest BCUT2D eigenvalue weighted by atomic mass is 9.95. The summed E-state index contributed by atoms with van der Waals surface area (Å²) in [5.41, 5.74) is 3.28. The van der Waals surface area contributed by atoms with Crippen molar-refractivity contribution in [2.75, 3.05) is 0 Å². The molecular formula is C16H14O3. The van der Waals surface area contributed by atoms with Crippen LogP contribution in [0, 0.1) is 6.92 Å². The van der Waals surface area contributed by atoms with E-state index in [9.17, 15) is 9.59 Å². The third-order valence-electron chi connectivity index (χ3n) is 2.90. The van der Waals surface area contributed by atoms with Gasteiger partial charge in [-0.05, 0) is 18.1 Å². The average Bonchev–Trinajstić information content (AvgIpc) is 2.39. The van der Waals surface area contributed by atoms with Crippen LogP contribution in [-0.2, 0) is 4.79 Å². The molecule has 0 fully saturated rings. The number of aryl methyl sites for hydroxylation is 1. The summed E-state index contributed by atoms with van der Waals surface area (Å²) in [6, 6.07) is 14.9. The number of benzene rings is 2. The minimum absolute atomic E-state index is 0.372. The number of carboxylic acid groups (broad SMARTS) is 1. The molecule has 96 valence electrons. The van der Waals surface area contributed by atoms with Crippen molar-refractivity contribution in [1.82, 2.24) is 0 Å². The van der Waals surface area contributed by atoms with Crippen LogP contribution in [0.5, 0.6) is 0 Å². The van der Waals surface area contributed by atoms with Gasteiger partial charge >= 0.3 is 5.97 Å². The summed E-state index contributed by atoms with van der Waals surface area (Å²) in [5, 5.41) is 8.72. The van der Waals surface area contributed by atoms with Crippen LogP contribution in [0.25, 0.3) is 11.1 Å². The van der Waals surface area contributed by atoms with Crippen molar-refractivity contribution in [3.05, 3.63) is 59.7 Å². The highest BCUT2D eigenvalue weighted by Gasteiger charge is 2.15. The molecule has 19 heavy (non-hydrogen) atoms. The summed E-state index contributed by atoms with van der Waals surface area (Å²) in [6.45, 7) is 1.99. The highest BCUT2D eigenvalue weighted by Crippen LogP contribution is 2.25. The number of carboxylic acids is 1. The largest absolute Gasteiger partial charge is 0.481 e. The number of hydrogen-bond acceptors (Lipinski definition) is 2. The van der Waals surface area contributed by atoms with Gasteiger partial charge in [-0.25, -0.2) is 0 Å². The molecule has 2 aromatic carbocycles. The van der Waals surface area contributed by atoms with Gasteiger partial charge in [0.05, 0.1) is 0 Å². The Balaban J connectivity index is 2.44. The predicted molar refractivity (Wildman–Crippen MR) is 73.2 cm³/mol. The number of carbonyl (C=O) groups is 2. The van der Waals surface area contributed by atoms with E-state index in [0.717, 1.165) is 16.7 Å². The van der Waals surface area contributed by atoms with Gasteiger partial charge in [-0.3, -0.25) is 9.59 Å². The summed E-state index contributed by atoms with van der Waals surface area (Å²) in [6.07, 6.45) is -0.483. The van der Waals surface area contributed by atoms with Crippen molar-refractivity contribution in [1.29, 1.82) is 0 Å². The van der Waals surface area contributed by atoms with Crippen LogP contribution in [-0.4, -0.2) is 16.9 Å². The minimum atomic E-state index is -1.11. The van der Waals surface area contributed by atoms with E-state index in [2.05, 4.69) is 0 Å². The molecule has 0 bridgehead atoms. The predicted octanol–water partition coefficient (Wildman–Crippen LogP) is 3.32. The lowest BCUT2D eigenvalue weighted by molar-refractivity contribution is -0.135. The third-order valence-corrected chi connectivity index (χ3v) is 2.90. The van der Waals surface area contributed by atoms with E-state index in [4.69, 9.17) is 5.11 Å². The third kappa shape index (κ3) is 3.07. The molecule has 0 aliphatic carbocycles. The molecule has 0 aliphatic heterocycles. The Morgan fingerprint density at radius 1 is 1.00 bits per heavy atom. The van der Waals surface area contributed by atoms with Crippen molar-refractivity contribution in [3.63, 3.8) is 0 Å². The van der Waals surface area contributed by atoms with E-state index >= 15 is 0 Å². The minimum Gasteiger partial charge on any atom is -0.481 e. The summed E-state index contributed by atoms with van der Waals surface area (Å²) < 4.78 is 0. The summed E-state index contributed by atoms with van der Waals surface area (Å²) >= 11 is 0. The second kappa shape index (κ2) is 5.48. The molecule has 1 N–H and O–H groups in total. The molecule has 0 aliphatic rings. The molecule has 2 rings (SSSR count). The molecule has 0 aromatic heterocycles. The van der Waals surface area contributed by atoms with Crippen LogP contribution >= 0.6 is 0 Å². The van der Waals surface area contributed by atoms with E-state index in [-0.39, 0.29) is 5.78 Å². The Kier molecular flexibility index (Phi) is 3.76. The first kappa shape index (κ1) is 13.0. The van der Waals surface area contributed by atoms with Gasteiger partial charge in [0.25, 0.3) is 0 Å². The van der Waals surface area contributed by atoms with Gasteiger partial charge in [0.2, 0.25) is 0 Å². The van der Waals surface area contributed by atoms with Gasteiger partial charge in [-0.1, -0.05) is 54.1 Å². The molecule has 0 unspecified atom stereocenters. The van der Waals surface area contributed by atoms with Gasteiger partial charge in [-0.15, -0.1) is 0 Å². The highest BCUT2D eigenvalue weighted by atomic mass is 16.4. The van der Waals surface area contributed by atoms with Gasteiger partial charge in [-0.2, -0.15) is 0 Å². The first-order valence-electron chi connectivity index (χ1n) is 5.99. The van der Waals surface area contributed by atoms with Gasteiger partial charge in [0, 0.05) is 5.56 Å². The smallest absolute Gasteiger partial charge is 0.311 e. The summed E-state index contributed by atoms with van der Waals surface area (Å²) in [7, 11) is 0. The van der Waals surface area contributed by atoms with Gasteiger partial charge in [0.15, 0.2) is 5.78 Å². The second-order valence-corrected chi connectivity index (χ2v) is 4.41. The molecule has 0 saturated carbocycles. The Bertz CT molecular complexity index is 612. The van der Waals surface area contributed by atoms with Crippen molar-refractivity contribution in [3.8, 4) is 11.1 Å². The molecule has 3 heteroatoms. The van der Waals surface area contributed by atoms with Crippen LogP contribution in [0.2, 0.25) is 0 Å².